The van der Waals surface area contributed by atoms with E-state index in [-0.39, 0.29) is 5.91 Å². The summed E-state index contributed by atoms with van der Waals surface area (Å²) in [5.41, 5.74) is 4.46. The van der Waals surface area contributed by atoms with Gasteiger partial charge in [-0.3, -0.25) is 4.79 Å². The van der Waals surface area contributed by atoms with E-state index < -0.39 is 0 Å². The fraction of sp³-hybridized carbons (Fsp3) is 0.440. The van der Waals surface area contributed by atoms with Gasteiger partial charge in [0.15, 0.2) is 0 Å². The number of hydrogen-bond donors (Lipinski definition) is 1. The molecule has 1 aliphatic heterocycles. The third-order valence-electron chi connectivity index (χ3n) is 6.97. The summed E-state index contributed by atoms with van der Waals surface area (Å²) in [6.45, 7) is 7.23. The molecule has 5 rings (SSSR count). The Bertz CT molecular complexity index is 1140. The van der Waals surface area contributed by atoms with Gasteiger partial charge in [-0.05, 0) is 103 Å². The maximum Gasteiger partial charge on any atom is 0.258 e. The number of anilines is 2. The first-order chi connectivity index (χ1) is 15.0. The molecule has 3 aromatic rings. The van der Waals surface area contributed by atoms with Crippen molar-refractivity contribution in [3.05, 3.63) is 51.2 Å². The lowest BCUT2D eigenvalue weighted by molar-refractivity contribution is 0.102. The number of nitrogens with zero attached hydrogens (tertiary/aromatic N) is 3. The summed E-state index contributed by atoms with van der Waals surface area (Å²) in [6, 6.07) is 10.2. The van der Waals surface area contributed by atoms with Crippen molar-refractivity contribution in [2.24, 2.45) is 5.41 Å². The second-order valence-electron chi connectivity index (χ2n) is 9.17. The maximum absolute atomic E-state index is 13.3. The quantitative estimate of drug-likeness (QED) is 0.414. The Morgan fingerprint density at radius 2 is 1.94 bits per heavy atom. The van der Waals surface area contributed by atoms with Crippen LogP contribution in [0.2, 0.25) is 0 Å². The number of pyridine rings is 1. The minimum Gasteiger partial charge on any atom is -0.371 e. The van der Waals surface area contributed by atoms with Crippen LogP contribution in [0, 0.1) is 15.9 Å². The van der Waals surface area contributed by atoms with E-state index in [4.69, 9.17) is 4.98 Å². The average Bonchev–Trinajstić information content (AvgIpc) is 3.38. The molecule has 2 aromatic heterocycles. The van der Waals surface area contributed by atoms with Crippen molar-refractivity contribution in [1.29, 1.82) is 0 Å². The van der Waals surface area contributed by atoms with Crippen molar-refractivity contribution in [2.75, 3.05) is 23.3 Å². The maximum atomic E-state index is 13.3. The van der Waals surface area contributed by atoms with Crippen LogP contribution < -0.4 is 10.2 Å². The number of hydrogen-bond acceptors (Lipinski definition) is 3. The molecule has 162 valence electrons. The molecule has 1 aromatic carbocycles. The van der Waals surface area contributed by atoms with E-state index in [0.717, 1.165) is 57.5 Å². The molecule has 2 fully saturated rings. The molecule has 0 bridgehead atoms. The normalized spacial score (nSPS) is 17.3. The first-order valence-electron chi connectivity index (χ1n) is 11.3. The van der Waals surface area contributed by atoms with Crippen LogP contribution in [0.3, 0.4) is 0 Å². The van der Waals surface area contributed by atoms with Crippen LogP contribution in [0.4, 0.5) is 11.5 Å². The Hall–Kier alpha value is -2.09. The van der Waals surface area contributed by atoms with Crippen LogP contribution in [-0.4, -0.2) is 28.5 Å². The number of aromatic nitrogens is 2. The fourth-order valence-corrected chi connectivity index (χ4v) is 5.33. The first kappa shape index (κ1) is 20.8. The molecular weight excluding hydrogens is 499 g/mol. The molecule has 1 N–H and O–H groups in total. The highest BCUT2D eigenvalue weighted by Crippen LogP contribution is 2.54. The lowest BCUT2D eigenvalue weighted by Gasteiger charge is -2.35. The minimum absolute atomic E-state index is 0.0852. The molecule has 6 heteroatoms. The largest absolute Gasteiger partial charge is 0.371 e. The van der Waals surface area contributed by atoms with Gasteiger partial charge in [0.1, 0.15) is 11.5 Å². The van der Waals surface area contributed by atoms with Gasteiger partial charge >= 0.3 is 0 Å². The third-order valence-corrected chi connectivity index (χ3v) is 7.64. The monoisotopic (exact) mass is 528 g/mol. The van der Waals surface area contributed by atoms with Crippen molar-refractivity contribution < 1.29 is 4.79 Å². The second-order valence-corrected chi connectivity index (χ2v) is 10.4. The van der Waals surface area contributed by atoms with E-state index in [2.05, 4.69) is 69.6 Å². The number of aryl methyl sites for hydroxylation is 2. The summed E-state index contributed by atoms with van der Waals surface area (Å²) in [5, 5.41) is 4.23. The molecule has 1 saturated heterocycles. The van der Waals surface area contributed by atoms with Gasteiger partial charge in [-0.1, -0.05) is 6.92 Å². The third kappa shape index (κ3) is 4.06. The number of amides is 1. The lowest BCUT2D eigenvalue weighted by Crippen LogP contribution is -2.35. The Kier molecular flexibility index (Phi) is 5.44. The fourth-order valence-electron chi connectivity index (χ4n) is 4.85. The number of benzene rings is 1. The minimum atomic E-state index is -0.0852. The number of nitrogens with one attached hydrogen (secondary N) is 1. The predicted octanol–water partition coefficient (Wildman–Crippen LogP) is 5.99. The van der Waals surface area contributed by atoms with Crippen LogP contribution in [0.5, 0.6) is 0 Å². The molecule has 1 amide bonds. The Balaban J connectivity index is 1.42. The SMILES string of the molecule is CCCn1ccc2c(C)cc(NC(=O)c3ccc(I)cc3N3CCC4(CC3)CC4)nc21. The van der Waals surface area contributed by atoms with Crippen molar-refractivity contribution in [2.45, 2.75) is 52.5 Å². The van der Waals surface area contributed by atoms with Crippen molar-refractivity contribution in [3.63, 3.8) is 0 Å². The van der Waals surface area contributed by atoms with Gasteiger partial charge in [0.2, 0.25) is 0 Å². The highest BCUT2D eigenvalue weighted by Gasteiger charge is 2.44. The van der Waals surface area contributed by atoms with Gasteiger partial charge in [0, 0.05) is 34.8 Å². The predicted molar refractivity (Wildman–Crippen MR) is 135 cm³/mol. The van der Waals surface area contributed by atoms with E-state index >= 15 is 0 Å². The van der Waals surface area contributed by atoms with Gasteiger partial charge in [0.25, 0.3) is 5.91 Å². The number of carbonyl (C=O) groups is 1. The molecule has 2 aliphatic rings. The van der Waals surface area contributed by atoms with Gasteiger partial charge in [0.05, 0.1) is 11.3 Å². The first-order valence-corrected chi connectivity index (χ1v) is 12.4. The molecular formula is C25H29IN4O. The highest BCUT2D eigenvalue weighted by molar-refractivity contribution is 14.1. The molecule has 0 radical (unpaired) electrons. The highest BCUT2D eigenvalue weighted by atomic mass is 127. The summed E-state index contributed by atoms with van der Waals surface area (Å²) in [4.78, 5) is 20.5. The molecule has 1 saturated carbocycles. The molecule has 0 atom stereocenters. The number of fused-ring (bicyclic) bond motifs is 1. The number of carbonyl (C=O) groups excluding carboxylic acids is 1. The molecule has 5 nitrogen and oxygen atoms in total. The van der Waals surface area contributed by atoms with Crippen LogP contribution >= 0.6 is 22.6 Å². The Morgan fingerprint density at radius 1 is 1.16 bits per heavy atom. The van der Waals surface area contributed by atoms with Crippen LogP contribution in [0.15, 0.2) is 36.5 Å². The van der Waals surface area contributed by atoms with Gasteiger partial charge in [-0.2, -0.15) is 0 Å². The summed E-state index contributed by atoms with van der Waals surface area (Å²) in [5.74, 6) is 0.532. The Morgan fingerprint density at radius 3 is 2.65 bits per heavy atom. The van der Waals surface area contributed by atoms with Crippen LogP contribution in [-0.2, 0) is 6.54 Å². The van der Waals surface area contributed by atoms with Gasteiger partial charge in [-0.15, -0.1) is 0 Å². The van der Waals surface area contributed by atoms with Crippen molar-refractivity contribution >= 4 is 51.0 Å². The smallest absolute Gasteiger partial charge is 0.258 e. The zero-order valence-electron chi connectivity index (χ0n) is 18.2. The summed E-state index contributed by atoms with van der Waals surface area (Å²) < 4.78 is 3.32. The summed E-state index contributed by atoms with van der Waals surface area (Å²) in [7, 11) is 0. The number of halogens is 1. The van der Waals surface area contributed by atoms with Crippen LogP contribution in [0.25, 0.3) is 11.0 Å². The topological polar surface area (TPSA) is 50.2 Å². The zero-order chi connectivity index (χ0) is 21.6. The average molecular weight is 528 g/mol. The Labute approximate surface area is 197 Å². The van der Waals surface area contributed by atoms with Crippen molar-refractivity contribution in [3.8, 4) is 0 Å². The summed E-state index contributed by atoms with van der Waals surface area (Å²) in [6.07, 6.45) is 8.38. The van der Waals surface area contributed by atoms with E-state index in [1.54, 1.807) is 0 Å². The van der Waals surface area contributed by atoms with Crippen molar-refractivity contribution in [1.82, 2.24) is 9.55 Å². The lowest BCUT2D eigenvalue weighted by atomic mass is 9.93. The van der Waals surface area contributed by atoms with E-state index in [1.807, 2.05) is 18.2 Å². The molecule has 31 heavy (non-hydrogen) atoms. The molecule has 1 aliphatic carbocycles. The zero-order valence-corrected chi connectivity index (χ0v) is 20.4. The molecule has 1 spiro atoms. The number of piperidine rings is 1. The molecule has 0 unspecified atom stereocenters. The number of rotatable bonds is 5. The van der Waals surface area contributed by atoms with E-state index in [0.29, 0.717) is 11.2 Å². The van der Waals surface area contributed by atoms with E-state index in [1.165, 1.54) is 25.7 Å². The summed E-state index contributed by atoms with van der Waals surface area (Å²) >= 11 is 2.34. The van der Waals surface area contributed by atoms with Gasteiger partial charge < -0.3 is 14.8 Å². The van der Waals surface area contributed by atoms with Crippen LogP contribution in [0.1, 0.15) is 54.9 Å². The second kappa shape index (κ2) is 8.11. The standard InChI is InChI=1S/C25H29IN4O/c1-3-11-30-12-6-19-17(2)15-22(27-23(19)30)28-24(31)20-5-4-18(26)16-21(20)29-13-9-25(7-8-25)10-14-29/h4-6,12,15-16H,3,7-11,13-14H2,1-2H3,(H,27,28,31). The molecule has 3 heterocycles. The van der Waals surface area contributed by atoms with E-state index in [9.17, 15) is 4.79 Å². The van der Waals surface area contributed by atoms with Gasteiger partial charge in [-0.25, -0.2) is 4.98 Å².